The highest BCUT2D eigenvalue weighted by molar-refractivity contribution is 7.90. The van der Waals surface area contributed by atoms with Crippen LogP contribution in [0, 0.1) is 5.82 Å². The number of nitrogens with one attached hydrogen (secondary N) is 1. The molecule has 0 spiro atoms. The molecule has 0 amide bonds. The molecule has 0 saturated carbocycles. The van der Waals surface area contributed by atoms with Gasteiger partial charge in [-0.1, -0.05) is 42.5 Å². The molecule has 3 rings (SSSR count). The van der Waals surface area contributed by atoms with Gasteiger partial charge in [0.05, 0.1) is 6.04 Å². The van der Waals surface area contributed by atoms with E-state index in [1.807, 2.05) is 12.1 Å². The molecule has 0 fully saturated rings. The van der Waals surface area contributed by atoms with Crippen molar-refractivity contribution in [2.24, 2.45) is 10.1 Å². The fraction of sp³-hybridized carbons (Fsp3) is 0.435. The standard InChI is InChI=1S/C23H30FN3O4S/c1-23(2)21(17-11-9-16(10-12-17)6-5-14-25)32(29,30)27-22(31-23)26-20(13-15-28)18-7-3-4-8-19(18)24/h3-4,7-12,20-21,28H,5-6,13-15,25H2,1-2H3,(H,26,27)/t20-,21?/m0/s1. The molecule has 0 saturated heterocycles. The molecule has 2 atom stereocenters. The number of nitrogens with zero attached hydrogens (tertiary/aromatic N) is 1. The molecule has 1 unspecified atom stereocenters. The molecule has 0 aromatic heterocycles. The maximum atomic E-state index is 14.3. The largest absolute Gasteiger partial charge is 0.457 e. The summed E-state index contributed by atoms with van der Waals surface area (Å²) >= 11 is 0. The maximum Gasteiger partial charge on any atom is 0.301 e. The first-order chi connectivity index (χ1) is 15.2. The van der Waals surface area contributed by atoms with Crippen molar-refractivity contribution >= 4 is 16.0 Å². The lowest BCUT2D eigenvalue weighted by Crippen LogP contribution is -2.47. The van der Waals surface area contributed by atoms with Gasteiger partial charge in [-0.15, -0.1) is 4.40 Å². The Kier molecular flexibility index (Phi) is 7.53. The summed E-state index contributed by atoms with van der Waals surface area (Å²) in [5.74, 6) is -0.468. The van der Waals surface area contributed by atoms with E-state index in [0.717, 1.165) is 18.4 Å². The second-order valence-electron chi connectivity index (χ2n) is 8.36. The first kappa shape index (κ1) is 24.2. The van der Waals surface area contributed by atoms with E-state index in [9.17, 15) is 17.9 Å². The number of aliphatic hydroxyl groups excluding tert-OH is 1. The lowest BCUT2D eigenvalue weighted by atomic mass is 9.96. The topological polar surface area (TPSA) is 114 Å². The van der Waals surface area contributed by atoms with E-state index in [2.05, 4.69) is 9.71 Å². The van der Waals surface area contributed by atoms with Crippen LogP contribution >= 0.6 is 0 Å². The smallest absolute Gasteiger partial charge is 0.301 e. The predicted octanol–water partition coefficient (Wildman–Crippen LogP) is 2.97. The van der Waals surface area contributed by atoms with Crippen LogP contribution in [0.15, 0.2) is 52.9 Å². The summed E-state index contributed by atoms with van der Waals surface area (Å²) in [6, 6.07) is 12.5. The van der Waals surface area contributed by atoms with Crippen molar-refractivity contribution in [3.05, 3.63) is 71.0 Å². The number of sulfonamides is 1. The van der Waals surface area contributed by atoms with E-state index >= 15 is 0 Å². The van der Waals surface area contributed by atoms with Crippen LogP contribution in [0.25, 0.3) is 0 Å². The third kappa shape index (κ3) is 5.46. The molecule has 0 radical (unpaired) electrons. The second kappa shape index (κ2) is 9.97. The van der Waals surface area contributed by atoms with Gasteiger partial charge in [0.1, 0.15) is 16.7 Å². The molecule has 2 aromatic rings. The highest BCUT2D eigenvalue weighted by Crippen LogP contribution is 2.40. The molecule has 1 aliphatic rings. The highest BCUT2D eigenvalue weighted by Gasteiger charge is 2.47. The zero-order valence-electron chi connectivity index (χ0n) is 18.3. The van der Waals surface area contributed by atoms with Gasteiger partial charge in [-0.2, -0.15) is 0 Å². The molecule has 32 heavy (non-hydrogen) atoms. The van der Waals surface area contributed by atoms with Gasteiger partial charge in [-0.05, 0) is 56.8 Å². The molecule has 0 aliphatic carbocycles. The Labute approximate surface area is 188 Å². The van der Waals surface area contributed by atoms with Crippen LogP contribution in [0.5, 0.6) is 0 Å². The molecule has 174 valence electrons. The fourth-order valence-corrected chi connectivity index (χ4v) is 5.68. The van der Waals surface area contributed by atoms with Crippen LogP contribution in [0.4, 0.5) is 4.39 Å². The van der Waals surface area contributed by atoms with E-state index in [-0.39, 0.29) is 19.0 Å². The number of rotatable bonds is 8. The number of ether oxygens (including phenoxy) is 1. The monoisotopic (exact) mass is 463 g/mol. The van der Waals surface area contributed by atoms with E-state index in [4.69, 9.17) is 10.5 Å². The third-order valence-electron chi connectivity index (χ3n) is 5.45. The minimum Gasteiger partial charge on any atom is -0.457 e. The maximum absolute atomic E-state index is 14.3. The summed E-state index contributed by atoms with van der Waals surface area (Å²) in [5.41, 5.74) is 6.36. The lowest BCUT2D eigenvalue weighted by Gasteiger charge is -2.38. The number of aliphatic hydroxyl groups is 1. The quantitative estimate of drug-likeness (QED) is 0.555. The molecule has 7 nitrogen and oxygen atoms in total. The Hall–Kier alpha value is -2.49. The first-order valence-corrected chi connectivity index (χ1v) is 12.1. The number of halogens is 1. The van der Waals surface area contributed by atoms with Gasteiger partial charge < -0.3 is 20.9 Å². The number of hydrogen-bond donors (Lipinski definition) is 3. The normalized spacial score (nSPS) is 20.2. The molecular weight excluding hydrogens is 433 g/mol. The summed E-state index contributed by atoms with van der Waals surface area (Å²) in [7, 11) is -3.99. The van der Waals surface area contributed by atoms with Crippen LogP contribution in [0.1, 0.15) is 54.7 Å². The number of aryl methyl sites for hydroxylation is 1. The average molecular weight is 464 g/mol. The Bertz CT molecular complexity index is 1060. The van der Waals surface area contributed by atoms with Crippen molar-refractivity contribution in [3.63, 3.8) is 0 Å². The van der Waals surface area contributed by atoms with Gasteiger partial charge in [0.25, 0.3) is 10.0 Å². The Morgan fingerprint density at radius 1 is 1.22 bits per heavy atom. The Balaban J connectivity index is 1.89. The zero-order chi connectivity index (χ0) is 23.4. The molecule has 2 aromatic carbocycles. The van der Waals surface area contributed by atoms with Crippen molar-refractivity contribution in [2.45, 2.75) is 50.0 Å². The van der Waals surface area contributed by atoms with Gasteiger partial charge in [0, 0.05) is 12.2 Å². The van der Waals surface area contributed by atoms with Crippen molar-refractivity contribution in [3.8, 4) is 0 Å². The minimum absolute atomic E-state index is 0.150. The number of benzene rings is 2. The van der Waals surface area contributed by atoms with E-state index in [0.29, 0.717) is 17.7 Å². The molecule has 1 heterocycles. The summed E-state index contributed by atoms with van der Waals surface area (Å²) in [4.78, 5) is 0. The lowest BCUT2D eigenvalue weighted by molar-refractivity contribution is 0.0759. The molecule has 0 bridgehead atoms. The SMILES string of the molecule is CC1(C)OC(N[C@@H](CCO)c2ccccc2F)=NS(=O)(=O)C1c1ccc(CCCN)cc1. The summed E-state index contributed by atoms with van der Waals surface area (Å²) in [6.45, 7) is 3.72. The molecule has 4 N–H and O–H groups in total. The van der Waals surface area contributed by atoms with Gasteiger partial charge in [0.15, 0.2) is 0 Å². The second-order valence-corrected chi connectivity index (χ2v) is 10.0. The number of amidine groups is 1. The zero-order valence-corrected chi connectivity index (χ0v) is 19.1. The van der Waals surface area contributed by atoms with Crippen molar-refractivity contribution in [2.75, 3.05) is 13.2 Å². The third-order valence-corrected chi connectivity index (χ3v) is 7.30. The van der Waals surface area contributed by atoms with Crippen LogP contribution in [-0.2, 0) is 21.2 Å². The number of nitrogens with two attached hydrogens (primary N) is 1. The predicted molar refractivity (Wildman–Crippen MR) is 122 cm³/mol. The average Bonchev–Trinajstić information content (AvgIpc) is 2.71. The van der Waals surface area contributed by atoms with Crippen molar-refractivity contribution in [1.82, 2.24) is 5.32 Å². The van der Waals surface area contributed by atoms with Crippen LogP contribution in [0.2, 0.25) is 0 Å². The Morgan fingerprint density at radius 3 is 2.50 bits per heavy atom. The highest BCUT2D eigenvalue weighted by atomic mass is 32.2. The van der Waals surface area contributed by atoms with Gasteiger partial charge in [0.2, 0.25) is 0 Å². The summed E-state index contributed by atoms with van der Waals surface area (Å²) in [6.07, 6.45) is 1.83. The first-order valence-electron chi connectivity index (χ1n) is 10.6. The van der Waals surface area contributed by atoms with Crippen LogP contribution in [0.3, 0.4) is 0 Å². The van der Waals surface area contributed by atoms with Crippen molar-refractivity contribution in [1.29, 1.82) is 0 Å². The summed E-state index contributed by atoms with van der Waals surface area (Å²) in [5, 5.41) is 11.3. The summed E-state index contributed by atoms with van der Waals surface area (Å²) < 4.78 is 50.4. The van der Waals surface area contributed by atoms with E-state index < -0.39 is 32.7 Å². The fourth-order valence-electron chi connectivity index (χ4n) is 3.98. The molecule has 1 aliphatic heterocycles. The van der Waals surface area contributed by atoms with Crippen LogP contribution < -0.4 is 11.1 Å². The van der Waals surface area contributed by atoms with E-state index in [1.54, 1.807) is 44.2 Å². The minimum atomic E-state index is -3.99. The molecular formula is C23H30FN3O4S. The number of hydrogen-bond acceptors (Lipinski definition) is 6. The van der Waals surface area contributed by atoms with Gasteiger partial charge in [-0.3, -0.25) is 0 Å². The van der Waals surface area contributed by atoms with Crippen molar-refractivity contribution < 1.29 is 22.7 Å². The molecule has 9 heteroatoms. The van der Waals surface area contributed by atoms with E-state index in [1.165, 1.54) is 6.07 Å². The van der Waals surface area contributed by atoms with Crippen LogP contribution in [-0.4, -0.2) is 38.3 Å². The van der Waals surface area contributed by atoms with Gasteiger partial charge in [-0.25, -0.2) is 12.8 Å². The Morgan fingerprint density at radius 2 is 1.91 bits per heavy atom. The van der Waals surface area contributed by atoms with Gasteiger partial charge >= 0.3 is 6.02 Å².